The van der Waals surface area contributed by atoms with Crippen molar-refractivity contribution in [2.24, 2.45) is 11.5 Å². The van der Waals surface area contributed by atoms with Gasteiger partial charge in [0.1, 0.15) is 0 Å². The summed E-state index contributed by atoms with van der Waals surface area (Å²) in [5, 5.41) is 22.3. The molecule has 0 saturated heterocycles. The van der Waals surface area contributed by atoms with Crippen LogP contribution >= 0.6 is 0 Å². The molecule has 1 atom stereocenters. The lowest BCUT2D eigenvalue weighted by molar-refractivity contribution is 0.211. The fraction of sp³-hybridized carbons (Fsp3) is 0.167. The zero-order chi connectivity index (χ0) is 11.4. The summed E-state index contributed by atoms with van der Waals surface area (Å²) in [4.78, 5) is 17.6. The number of carbonyl (C=O) groups excluding carboxylic acids is 1. The van der Waals surface area contributed by atoms with E-state index >= 15 is 0 Å². The average molecular weight is 214 g/mol. The second-order valence-corrected chi connectivity index (χ2v) is 2.51. The van der Waals surface area contributed by atoms with E-state index in [1.807, 2.05) is 0 Å². The van der Waals surface area contributed by atoms with E-state index in [2.05, 4.69) is 20.6 Å². The highest BCUT2D eigenvalue weighted by Crippen LogP contribution is 2.19. The van der Waals surface area contributed by atoms with Crippen molar-refractivity contribution in [3.63, 3.8) is 0 Å². The number of aromatic hydroxyl groups is 1. The number of primary amides is 1. The monoisotopic (exact) mass is 214 g/mol. The lowest BCUT2D eigenvalue weighted by Gasteiger charge is -2.10. The summed E-state index contributed by atoms with van der Waals surface area (Å²) < 4.78 is 0. The van der Waals surface area contributed by atoms with Gasteiger partial charge in [-0.05, 0) is 0 Å². The molecule has 1 unspecified atom stereocenters. The molecular weight excluding hydrogens is 204 g/mol. The first-order valence-electron chi connectivity index (χ1n) is 3.81. The Hall–Kier alpha value is -2.13. The first-order valence-corrected chi connectivity index (χ1v) is 3.81. The third kappa shape index (κ3) is 3.25. The summed E-state index contributed by atoms with van der Waals surface area (Å²) in [6, 6.07) is -0.847. The highest BCUT2D eigenvalue weighted by Gasteiger charge is 2.08. The molecular formula is C6H10N6O3. The van der Waals surface area contributed by atoms with E-state index in [4.69, 9.17) is 16.6 Å². The molecule has 2 amide bonds. The van der Waals surface area contributed by atoms with Crippen molar-refractivity contribution in [2.75, 3.05) is 10.6 Å². The molecule has 0 radical (unpaired) electrons. The fourth-order valence-electron chi connectivity index (χ4n) is 0.792. The van der Waals surface area contributed by atoms with Gasteiger partial charge in [-0.15, -0.1) is 0 Å². The van der Waals surface area contributed by atoms with Gasteiger partial charge in [-0.3, -0.25) is 11.1 Å². The minimum atomic E-state index is -1.40. The summed E-state index contributed by atoms with van der Waals surface area (Å²) in [5.74, 6) is -0.568. The predicted octanol–water partition coefficient (Wildman–Crippen LogP) is -1.68. The summed E-state index contributed by atoms with van der Waals surface area (Å²) in [7, 11) is 0. The second kappa shape index (κ2) is 4.39. The molecule has 9 heteroatoms. The van der Waals surface area contributed by atoms with Crippen LogP contribution in [-0.2, 0) is 0 Å². The summed E-state index contributed by atoms with van der Waals surface area (Å²) in [6.07, 6.45) is -0.379. The van der Waals surface area contributed by atoms with Crippen molar-refractivity contribution in [3.05, 3.63) is 6.20 Å². The van der Waals surface area contributed by atoms with Crippen LogP contribution in [0.3, 0.4) is 0 Å². The van der Waals surface area contributed by atoms with Crippen LogP contribution in [0.5, 0.6) is 5.75 Å². The molecule has 0 aliphatic rings. The number of amides is 2. The molecule has 1 heterocycles. The minimum absolute atomic E-state index is 0.122. The Morgan fingerprint density at radius 3 is 2.80 bits per heavy atom. The molecule has 0 aliphatic carbocycles. The van der Waals surface area contributed by atoms with E-state index in [0.717, 1.165) is 6.20 Å². The highest BCUT2D eigenvalue weighted by atomic mass is 16.3. The number of rotatable bonds is 3. The van der Waals surface area contributed by atoms with E-state index in [1.54, 1.807) is 0 Å². The fourth-order valence-corrected chi connectivity index (χ4v) is 0.792. The molecule has 0 bridgehead atoms. The maximum Gasteiger partial charge on any atom is 0.319 e. The molecule has 0 spiro atoms. The van der Waals surface area contributed by atoms with Crippen LogP contribution in [0.25, 0.3) is 0 Å². The Balaban J connectivity index is 2.89. The number of aliphatic hydroxyl groups is 1. The molecule has 15 heavy (non-hydrogen) atoms. The highest BCUT2D eigenvalue weighted by molar-refractivity contribution is 5.85. The van der Waals surface area contributed by atoms with E-state index in [-0.39, 0.29) is 17.5 Å². The molecule has 0 aliphatic heterocycles. The SMILES string of the molecule is NC(=O)Nc1ncc(O)c(NC(N)O)n1. The third-order valence-electron chi connectivity index (χ3n) is 1.29. The summed E-state index contributed by atoms with van der Waals surface area (Å²) >= 11 is 0. The number of aliphatic hydroxyl groups excluding tert-OH is 1. The van der Waals surface area contributed by atoms with Crippen LogP contribution in [0.1, 0.15) is 0 Å². The molecule has 1 aromatic rings. The molecule has 1 rings (SSSR count). The van der Waals surface area contributed by atoms with E-state index in [0.29, 0.717) is 0 Å². The van der Waals surface area contributed by atoms with Crippen molar-refractivity contribution >= 4 is 17.8 Å². The number of carbonyl (C=O) groups is 1. The van der Waals surface area contributed by atoms with Gasteiger partial charge in [0.15, 0.2) is 17.9 Å². The first-order chi connectivity index (χ1) is 6.99. The largest absolute Gasteiger partial charge is 0.503 e. The number of aromatic nitrogens is 2. The van der Waals surface area contributed by atoms with Crippen LogP contribution in [0.15, 0.2) is 6.20 Å². The van der Waals surface area contributed by atoms with Crippen molar-refractivity contribution in [3.8, 4) is 5.75 Å². The number of anilines is 2. The third-order valence-corrected chi connectivity index (χ3v) is 1.29. The van der Waals surface area contributed by atoms with Crippen molar-refractivity contribution < 1.29 is 15.0 Å². The number of nitrogens with zero attached hydrogens (tertiary/aromatic N) is 2. The zero-order valence-electron chi connectivity index (χ0n) is 7.51. The van der Waals surface area contributed by atoms with Gasteiger partial charge in [-0.2, -0.15) is 4.98 Å². The Labute approximate surface area is 84.1 Å². The molecule has 0 fully saturated rings. The Morgan fingerprint density at radius 2 is 2.27 bits per heavy atom. The molecule has 1 aromatic heterocycles. The molecule has 9 nitrogen and oxygen atoms in total. The van der Waals surface area contributed by atoms with Crippen LogP contribution < -0.4 is 22.1 Å². The van der Waals surface area contributed by atoms with Crippen LogP contribution in [0.4, 0.5) is 16.6 Å². The standard InChI is InChI=1S/C6H10N6O3/c7-4(14)10-3-2(13)1-9-6(11-3)12-5(8)15/h1,4,13-14H,7H2,(H4,8,9,10,11,12,15). The van der Waals surface area contributed by atoms with Gasteiger partial charge in [-0.1, -0.05) is 0 Å². The van der Waals surface area contributed by atoms with Crippen molar-refractivity contribution in [1.82, 2.24) is 9.97 Å². The average Bonchev–Trinajstić information content (AvgIpc) is 2.09. The smallest absolute Gasteiger partial charge is 0.319 e. The quantitative estimate of drug-likeness (QED) is 0.327. The number of hydrogen-bond acceptors (Lipinski definition) is 7. The zero-order valence-corrected chi connectivity index (χ0v) is 7.51. The van der Waals surface area contributed by atoms with Gasteiger partial charge in [0, 0.05) is 0 Å². The van der Waals surface area contributed by atoms with E-state index in [1.165, 1.54) is 0 Å². The number of nitrogens with one attached hydrogen (secondary N) is 2. The number of urea groups is 1. The van der Waals surface area contributed by atoms with Crippen LogP contribution in [0.2, 0.25) is 0 Å². The topological polar surface area (TPSA) is 159 Å². The Morgan fingerprint density at radius 1 is 1.60 bits per heavy atom. The molecule has 0 saturated carbocycles. The Bertz CT molecular complexity index is 368. The number of hydrogen-bond donors (Lipinski definition) is 6. The summed E-state index contributed by atoms with van der Waals surface area (Å²) in [6.45, 7) is 0. The van der Waals surface area contributed by atoms with Gasteiger partial charge in [0.25, 0.3) is 0 Å². The van der Waals surface area contributed by atoms with Crippen LogP contribution in [0, 0.1) is 0 Å². The van der Waals surface area contributed by atoms with E-state index < -0.39 is 12.4 Å². The molecule has 0 aromatic carbocycles. The predicted molar refractivity (Wildman–Crippen MR) is 50.7 cm³/mol. The maximum atomic E-state index is 10.5. The minimum Gasteiger partial charge on any atom is -0.503 e. The van der Waals surface area contributed by atoms with E-state index in [9.17, 15) is 9.90 Å². The van der Waals surface area contributed by atoms with Crippen molar-refractivity contribution in [2.45, 2.75) is 6.35 Å². The van der Waals surface area contributed by atoms with Gasteiger partial charge in [-0.25, -0.2) is 9.78 Å². The van der Waals surface area contributed by atoms with Gasteiger partial charge < -0.3 is 21.3 Å². The maximum absolute atomic E-state index is 10.5. The van der Waals surface area contributed by atoms with Gasteiger partial charge in [0.2, 0.25) is 5.95 Å². The lowest BCUT2D eigenvalue weighted by Crippen LogP contribution is -2.29. The molecule has 8 N–H and O–H groups in total. The normalized spacial score (nSPS) is 11.9. The molecule has 82 valence electrons. The van der Waals surface area contributed by atoms with Crippen molar-refractivity contribution in [1.29, 1.82) is 0 Å². The number of nitrogens with two attached hydrogens (primary N) is 2. The van der Waals surface area contributed by atoms with Gasteiger partial charge >= 0.3 is 6.03 Å². The first kappa shape index (κ1) is 10.9. The van der Waals surface area contributed by atoms with Crippen LogP contribution in [-0.4, -0.2) is 32.6 Å². The van der Waals surface area contributed by atoms with Gasteiger partial charge in [0.05, 0.1) is 6.20 Å². The summed E-state index contributed by atoms with van der Waals surface area (Å²) in [5.41, 5.74) is 9.83. The lowest BCUT2D eigenvalue weighted by atomic mass is 10.5. The Kier molecular flexibility index (Phi) is 3.21. The second-order valence-electron chi connectivity index (χ2n) is 2.51.